The number of amides is 1. The number of hydrogen-bond donors (Lipinski definition) is 3. The van der Waals surface area contributed by atoms with Crippen LogP contribution in [-0.4, -0.2) is 17.1 Å². The van der Waals surface area contributed by atoms with Crippen molar-refractivity contribution in [2.24, 2.45) is 11.7 Å². The van der Waals surface area contributed by atoms with Gasteiger partial charge in [-0.3, -0.25) is 4.79 Å². The van der Waals surface area contributed by atoms with Gasteiger partial charge in [0, 0.05) is 18.0 Å². The number of aliphatic hydroxyl groups excluding tert-OH is 1. The minimum absolute atomic E-state index is 0.0113. The van der Waals surface area contributed by atoms with Gasteiger partial charge in [0.05, 0.1) is 6.61 Å². The minimum Gasteiger partial charge on any atom is -0.392 e. The molecule has 1 amide bonds. The van der Waals surface area contributed by atoms with Crippen LogP contribution in [0.15, 0.2) is 24.3 Å². The van der Waals surface area contributed by atoms with E-state index in [9.17, 15) is 9.90 Å². The van der Waals surface area contributed by atoms with Crippen LogP contribution in [0.1, 0.15) is 49.8 Å². The molecule has 1 aliphatic rings. The predicted octanol–water partition coefficient (Wildman–Crippen LogP) is 1.87. The lowest BCUT2D eigenvalue weighted by atomic mass is 9.85. The average molecular weight is 276 g/mol. The van der Waals surface area contributed by atoms with E-state index in [0.717, 1.165) is 36.8 Å². The first kappa shape index (κ1) is 15.0. The molecule has 0 heterocycles. The normalized spacial score (nSPS) is 24.3. The molecule has 1 fully saturated rings. The quantitative estimate of drug-likeness (QED) is 0.768. The molecule has 0 aromatic heterocycles. The van der Waals surface area contributed by atoms with Crippen LogP contribution in [0.2, 0.25) is 0 Å². The first-order valence-corrected chi connectivity index (χ1v) is 7.35. The lowest BCUT2D eigenvalue weighted by Gasteiger charge is -2.30. The largest absolute Gasteiger partial charge is 0.392 e. The van der Waals surface area contributed by atoms with Crippen molar-refractivity contribution in [2.45, 2.75) is 51.3 Å². The van der Waals surface area contributed by atoms with Gasteiger partial charge in [0.25, 0.3) is 0 Å². The number of aliphatic hydroxyl groups is 1. The first-order valence-electron chi connectivity index (χ1n) is 7.35. The summed E-state index contributed by atoms with van der Waals surface area (Å²) in [6.07, 6.45) is 3.89. The highest BCUT2D eigenvalue weighted by molar-refractivity contribution is 5.76. The van der Waals surface area contributed by atoms with Crippen molar-refractivity contribution >= 4 is 5.91 Å². The van der Waals surface area contributed by atoms with E-state index in [1.165, 1.54) is 0 Å². The fraction of sp³-hybridized carbons (Fsp3) is 0.562. The van der Waals surface area contributed by atoms with Gasteiger partial charge in [0.15, 0.2) is 0 Å². The number of hydrogen-bond acceptors (Lipinski definition) is 3. The lowest BCUT2D eigenvalue weighted by Crippen LogP contribution is -2.39. The van der Waals surface area contributed by atoms with E-state index in [4.69, 9.17) is 5.73 Å². The van der Waals surface area contributed by atoms with Gasteiger partial charge in [-0.05, 0) is 37.3 Å². The predicted molar refractivity (Wildman–Crippen MR) is 78.9 cm³/mol. The molecule has 4 nitrogen and oxygen atoms in total. The van der Waals surface area contributed by atoms with E-state index in [1.54, 1.807) is 0 Å². The lowest BCUT2D eigenvalue weighted by molar-refractivity contribution is -0.122. The van der Waals surface area contributed by atoms with Gasteiger partial charge in [0.1, 0.15) is 0 Å². The third-order valence-electron chi connectivity index (χ3n) is 4.20. The number of nitrogens with one attached hydrogen (secondary N) is 1. The summed E-state index contributed by atoms with van der Waals surface area (Å²) in [4.78, 5) is 11.3. The van der Waals surface area contributed by atoms with Crippen LogP contribution in [0, 0.1) is 5.92 Å². The zero-order valence-corrected chi connectivity index (χ0v) is 12.0. The summed E-state index contributed by atoms with van der Waals surface area (Å²) in [7, 11) is 0. The van der Waals surface area contributed by atoms with Gasteiger partial charge in [-0.2, -0.15) is 0 Å². The summed E-state index contributed by atoms with van der Waals surface area (Å²) in [6, 6.07) is 8.51. The van der Waals surface area contributed by atoms with Crippen LogP contribution >= 0.6 is 0 Å². The molecule has 1 aromatic rings. The molecular weight excluding hydrogens is 252 g/mol. The molecule has 1 aliphatic carbocycles. The van der Waals surface area contributed by atoms with Crippen LogP contribution in [0.3, 0.4) is 0 Å². The Labute approximate surface area is 120 Å². The summed E-state index contributed by atoms with van der Waals surface area (Å²) in [5, 5.41) is 12.8. The Balaban J connectivity index is 1.96. The van der Waals surface area contributed by atoms with Gasteiger partial charge in [-0.25, -0.2) is 0 Å². The van der Waals surface area contributed by atoms with E-state index in [2.05, 4.69) is 18.3 Å². The highest BCUT2D eigenvalue weighted by Crippen LogP contribution is 2.26. The highest BCUT2D eigenvalue weighted by atomic mass is 16.3. The van der Waals surface area contributed by atoms with Gasteiger partial charge in [-0.1, -0.05) is 30.7 Å². The van der Waals surface area contributed by atoms with Crippen LogP contribution in [0.25, 0.3) is 0 Å². The number of benzene rings is 1. The summed E-state index contributed by atoms with van der Waals surface area (Å²) in [5.41, 5.74) is 7.51. The standard InChI is InChI=1S/C16H24N2O2/c1-11(13-5-2-4-12(8-13)10-19)18-15-7-3-6-14(9-15)16(17)20/h2,4-5,8,11,14-15,18-19H,3,6-7,9-10H2,1H3,(H2,17,20). The summed E-state index contributed by atoms with van der Waals surface area (Å²) in [6.45, 7) is 2.18. The van der Waals surface area contributed by atoms with Crippen molar-refractivity contribution in [3.05, 3.63) is 35.4 Å². The molecule has 3 unspecified atom stereocenters. The first-order chi connectivity index (χ1) is 9.60. The Morgan fingerprint density at radius 2 is 2.30 bits per heavy atom. The molecule has 4 N–H and O–H groups in total. The number of carbonyl (C=O) groups is 1. The molecule has 20 heavy (non-hydrogen) atoms. The van der Waals surface area contributed by atoms with Gasteiger partial charge < -0.3 is 16.2 Å². The van der Waals surface area contributed by atoms with Crippen LogP contribution in [0.4, 0.5) is 0 Å². The molecule has 110 valence electrons. The maximum Gasteiger partial charge on any atom is 0.220 e. The molecule has 2 rings (SSSR count). The summed E-state index contributed by atoms with van der Waals surface area (Å²) < 4.78 is 0. The minimum atomic E-state index is -0.175. The van der Waals surface area contributed by atoms with Gasteiger partial charge >= 0.3 is 0 Å². The SMILES string of the molecule is CC(NC1CCCC(C(N)=O)C1)c1cccc(CO)c1. The van der Waals surface area contributed by atoms with Crippen LogP contribution < -0.4 is 11.1 Å². The van der Waals surface area contributed by atoms with E-state index >= 15 is 0 Å². The maximum absolute atomic E-state index is 11.3. The Kier molecular flexibility index (Phi) is 5.15. The van der Waals surface area contributed by atoms with Crippen LogP contribution in [-0.2, 0) is 11.4 Å². The second kappa shape index (κ2) is 6.86. The Bertz CT molecular complexity index is 462. The van der Waals surface area contributed by atoms with E-state index in [0.29, 0.717) is 6.04 Å². The summed E-state index contributed by atoms with van der Waals surface area (Å²) in [5.74, 6) is -0.163. The van der Waals surface area contributed by atoms with E-state index in [-0.39, 0.29) is 24.5 Å². The molecule has 0 bridgehead atoms. The molecule has 1 aromatic carbocycles. The molecule has 1 saturated carbocycles. The number of rotatable bonds is 5. The molecule has 0 spiro atoms. The van der Waals surface area contributed by atoms with Crippen molar-refractivity contribution < 1.29 is 9.90 Å². The maximum atomic E-state index is 11.3. The fourth-order valence-corrected chi connectivity index (χ4v) is 3.01. The Hall–Kier alpha value is -1.39. The third kappa shape index (κ3) is 3.81. The average Bonchev–Trinajstić information content (AvgIpc) is 2.47. The van der Waals surface area contributed by atoms with Crippen molar-refractivity contribution in [2.75, 3.05) is 0 Å². The van der Waals surface area contributed by atoms with Crippen molar-refractivity contribution in [1.29, 1.82) is 0 Å². The molecule has 0 saturated heterocycles. The smallest absolute Gasteiger partial charge is 0.220 e. The molecular formula is C16H24N2O2. The number of primary amides is 1. The second-order valence-corrected chi connectivity index (χ2v) is 5.75. The number of nitrogens with two attached hydrogens (primary N) is 1. The topological polar surface area (TPSA) is 75.3 Å². The molecule has 0 radical (unpaired) electrons. The number of carbonyl (C=O) groups excluding carboxylic acids is 1. The second-order valence-electron chi connectivity index (χ2n) is 5.75. The summed E-state index contributed by atoms with van der Waals surface area (Å²) >= 11 is 0. The van der Waals surface area contributed by atoms with Gasteiger partial charge in [0.2, 0.25) is 5.91 Å². The van der Waals surface area contributed by atoms with Gasteiger partial charge in [-0.15, -0.1) is 0 Å². The van der Waals surface area contributed by atoms with E-state index in [1.807, 2.05) is 18.2 Å². The van der Waals surface area contributed by atoms with Crippen LogP contribution in [0.5, 0.6) is 0 Å². The monoisotopic (exact) mass is 276 g/mol. The zero-order chi connectivity index (χ0) is 14.5. The third-order valence-corrected chi connectivity index (χ3v) is 4.20. The fourth-order valence-electron chi connectivity index (χ4n) is 3.01. The molecule has 3 atom stereocenters. The van der Waals surface area contributed by atoms with Crippen molar-refractivity contribution in [3.63, 3.8) is 0 Å². The van der Waals surface area contributed by atoms with Crippen molar-refractivity contribution in [3.8, 4) is 0 Å². The highest BCUT2D eigenvalue weighted by Gasteiger charge is 2.26. The molecule has 0 aliphatic heterocycles. The molecule has 4 heteroatoms. The van der Waals surface area contributed by atoms with Crippen molar-refractivity contribution in [1.82, 2.24) is 5.32 Å². The Morgan fingerprint density at radius 3 is 3.00 bits per heavy atom. The van der Waals surface area contributed by atoms with E-state index < -0.39 is 0 Å². The Morgan fingerprint density at radius 1 is 1.50 bits per heavy atom. The zero-order valence-electron chi connectivity index (χ0n) is 12.0.